The molecule has 0 radical (unpaired) electrons. The van der Waals surface area contributed by atoms with E-state index in [-0.39, 0.29) is 5.69 Å². The van der Waals surface area contributed by atoms with Crippen LogP contribution in [0.4, 0.5) is 0 Å². The zero-order valence-electron chi connectivity index (χ0n) is 20.0. The van der Waals surface area contributed by atoms with E-state index in [1.807, 2.05) is 53.1 Å². The molecule has 1 N–H and O–H groups in total. The molecule has 36 heavy (non-hydrogen) atoms. The Hall–Kier alpha value is -4.26. The molecule has 180 valence electrons. The smallest absolute Gasteiger partial charge is 0.291 e. The lowest BCUT2D eigenvalue weighted by Gasteiger charge is -2.22. The van der Waals surface area contributed by atoms with Crippen molar-refractivity contribution in [3.63, 3.8) is 0 Å². The van der Waals surface area contributed by atoms with E-state index < -0.39 is 0 Å². The van der Waals surface area contributed by atoms with Gasteiger partial charge in [0.15, 0.2) is 0 Å². The van der Waals surface area contributed by atoms with Crippen LogP contribution in [0.2, 0.25) is 0 Å². The van der Waals surface area contributed by atoms with Gasteiger partial charge >= 0.3 is 5.69 Å². The Morgan fingerprint density at radius 1 is 0.833 bits per heavy atom. The Morgan fingerprint density at radius 3 is 2.28 bits per heavy atom. The van der Waals surface area contributed by atoms with Gasteiger partial charge in [0, 0.05) is 23.4 Å². The molecule has 7 heteroatoms. The molecule has 6 rings (SSSR count). The van der Waals surface area contributed by atoms with Crippen molar-refractivity contribution < 1.29 is 0 Å². The Bertz CT molecular complexity index is 1490. The van der Waals surface area contributed by atoms with Gasteiger partial charge in [-0.3, -0.25) is 9.13 Å². The maximum absolute atomic E-state index is 13.6. The molecule has 1 aliphatic rings. The van der Waals surface area contributed by atoms with Crippen molar-refractivity contribution in [3.05, 3.63) is 107 Å². The fourth-order valence-electron chi connectivity index (χ4n) is 5.33. The van der Waals surface area contributed by atoms with Crippen molar-refractivity contribution in [2.75, 3.05) is 0 Å². The molecule has 0 amide bonds. The molecule has 1 fully saturated rings. The maximum atomic E-state index is 13.6. The van der Waals surface area contributed by atoms with E-state index in [4.69, 9.17) is 0 Å². The minimum atomic E-state index is 0.0216. The predicted molar refractivity (Wildman–Crippen MR) is 140 cm³/mol. The zero-order chi connectivity index (χ0) is 24.3. The average molecular weight is 477 g/mol. The van der Waals surface area contributed by atoms with Gasteiger partial charge in [0.1, 0.15) is 0 Å². The van der Waals surface area contributed by atoms with Crippen LogP contribution in [-0.4, -0.2) is 29.8 Å². The van der Waals surface area contributed by atoms with Crippen molar-refractivity contribution in [1.82, 2.24) is 29.8 Å². The number of nitrogens with one attached hydrogen (secondary N) is 1. The third-order valence-electron chi connectivity index (χ3n) is 7.19. The first kappa shape index (κ1) is 22.2. The third kappa shape index (κ3) is 4.28. The summed E-state index contributed by atoms with van der Waals surface area (Å²) in [6.07, 6.45) is 8.10. The number of imidazole rings is 1. The number of aromatic amines is 1. The number of rotatable bonds is 6. The van der Waals surface area contributed by atoms with E-state index in [1.165, 1.54) is 19.3 Å². The number of nitrogens with zero attached hydrogens (tertiary/aromatic N) is 5. The topological polar surface area (TPSA) is 81.4 Å². The van der Waals surface area contributed by atoms with Crippen LogP contribution >= 0.6 is 0 Å². The van der Waals surface area contributed by atoms with E-state index >= 15 is 0 Å². The molecule has 1 saturated carbocycles. The fourth-order valence-corrected chi connectivity index (χ4v) is 5.33. The van der Waals surface area contributed by atoms with Crippen LogP contribution < -0.4 is 5.69 Å². The second kappa shape index (κ2) is 9.77. The molecule has 1 aliphatic carbocycles. The Balaban J connectivity index is 1.34. The summed E-state index contributed by atoms with van der Waals surface area (Å²) in [4.78, 5) is 13.6. The largest absolute Gasteiger partial charge is 0.333 e. The number of benzene rings is 3. The van der Waals surface area contributed by atoms with Crippen molar-refractivity contribution in [1.29, 1.82) is 0 Å². The van der Waals surface area contributed by atoms with Gasteiger partial charge in [-0.1, -0.05) is 86.0 Å². The minimum Gasteiger partial charge on any atom is -0.291 e. The molecule has 0 saturated heterocycles. The molecular weight excluding hydrogens is 448 g/mol. The number of tetrazole rings is 1. The molecule has 0 spiro atoms. The number of hydrogen-bond donors (Lipinski definition) is 1. The summed E-state index contributed by atoms with van der Waals surface area (Å²) in [7, 11) is 0. The molecule has 0 bridgehead atoms. The van der Waals surface area contributed by atoms with Crippen molar-refractivity contribution in [2.24, 2.45) is 0 Å². The second-order valence-corrected chi connectivity index (χ2v) is 9.44. The zero-order valence-corrected chi connectivity index (χ0v) is 20.0. The van der Waals surface area contributed by atoms with E-state index in [2.05, 4.69) is 57.2 Å². The van der Waals surface area contributed by atoms with Crippen molar-refractivity contribution in [3.8, 4) is 28.2 Å². The molecule has 5 aromatic rings. The number of para-hydroxylation sites is 1. The van der Waals surface area contributed by atoms with E-state index in [0.29, 0.717) is 18.3 Å². The molecule has 3 aromatic carbocycles. The lowest BCUT2D eigenvalue weighted by Crippen LogP contribution is -2.25. The van der Waals surface area contributed by atoms with Crippen molar-refractivity contribution in [2.45, 2.75) is 44.6 Å². The summed E-state index contributed by atoms with van der Waals surface area (Å²) in [5.41, 5.74) is 6.22. The van der Waals surface area contributed by atoms with Gasteiger partial charge in [0.2, 0.25) is 5.82 Å². The first-order chi connectivity index (χ1) is 17.8. The number of H-pyrrole nitrogens is 1. The lowest BCUT2D eigenvalue weighted by atomic mass is 9.87. The highest BCUT2D eigenvalue weighted by Crippen LogP contribution is 2.33. The highest BCUT2D eigenvalue weighted by atomic mass is 16.1. The van der Waals surface area contributed by atoms with Gasteiger partial charge in [-0.25, -0.2) is 4.79 Å². The summed E-state index contributed by atoms with van der Waals surface area (Å²) in [6.45, 7) is 0.553. The van der Waals surface area contributed by atoms with Crippen LogP contribution in [0, 0.1) is 0 Å². The summed E-state index contributed by atoms with van der Waals surface area (Å²) >= 11 is 0. The SMILES string of the molecule is O=c1n(-c2ccccc2)cc(C2CCCCC2)n1Cc1ccc(-c2ccccc2-c2nn[nH]n2)cc1. The molecule has 0 unspecified atom stereocenters. The van der Waals surface area contributed by atoms with Gasteiger partial charge < -0.3 is 0 Å². The van der Waals surface area contributed by atoms with Gasteiger partial charge in [-0.2, -0.15) is 5.21 Å². The Morgan fingerprint density at radius 2 is 1.56 bits per heavy atom. The average Bonchev–Trinajstić information content (AvgIpc) is 3.59. The number of aromatic nitrogens is 6. The summed E-state index contributed by atoms with van der Waals surface area (Å²) in [6, 6.07) is 26.4. The number of hydrogen-bond acceptors (Lipinski definition) is 4. The molecule has 7 nitrogen and oxygen atoms in total. The summed E-state index contributed by atoms with van der Waals surface area (Å²) in [5, 5.41) is 14.5. The van der Waals surface area contributed by atoms with Gasteiger partial charge in [-0.15, -0.1) is 10.2 Å². The third-order valence-corrected chi connectivity index (χ3v) is 7.19. The minimum absolute atomic E-state index is 0.0216. The Labute approximate surface area is 209 Å². The highest BCUT2D eigenvalue weighted by molar-refractivity contribution is 5.80. The quantitative estimate of drug-likeness (QED) is 0.347. The van der Waals surface area contributed by atoms with Crippen LogP contribution in [0.25, 0.3) is 28.2 Å². The molecule has 2 aromatic heterocycles. The summed E-state index contributed by atoms with van der Waals surface area (Å²) < 4.78 is 3.78. The van der Waals surface area contributed by atoms with Crippen LogP contribution in [0.15, 0.2) is 89.9 Å². The van der Waals surface area contributed by atoms with Gasteiger partial charge in [-0.05, 0) is 46.9 Å². The monoisotopic (exact) mass is 476 g/mol. The predicted octanol–water partition coefficient (Wildman–Crippen LogP) is 5.58. The van der Waals surface area contributed by atoms with Crippen LogP contribution in [0.1, 0.15) is 49.3 Å². The van der Waals surface area contributed by atoms with Gasteiger partial charge in [0.05, 0.1) is 12.2 Å². The second-order valence-electron chi connectivity index (χ2n) is 9.44. The van der Waals surface area contributed by atoms with Crippen LogP contribution in [-0.2, 0) is 6.54 Å². The summed E-state index contributed by atoms with van der Waals surface area (Å²) in [5.74, 6) is 0.998. The van der Waals surface area contributed by atoms with E-state index in [0.717, 1.165) is 46.5 Å². The van der Waals surface area contributed by atoms with Crippen LogP contribution in [0.5, 0.6) is 0 Å². The molecular formula is C29H28N6O. The Kier molecular flexibility index (Phi) is 6.03. The molecule has 0 atom stereocenters. The molecule has 2 heterocycles. The van der Waals surface area contributed by atoms with Crippen LogP contribution in [0.3, 0.4) is 0 Å². The van der Waals surface area contributed by atoms with E-state index in [1.54, 1.807) is 4.57 Å². The standard InChI is InChI=1S/C29H28N6O/c36-29-34(24-11-5-2-6-12-24)20-27(23-9-3-1-4-10-23)35(29)19-21-15-17-22(18-16-21)25-13-7-8-14-26(25)28-30-32-33-31-28/h2,5-8,11-18,20,23H,1,3-4,9-10,19H2,(H,30,31,32,33). The lowest BCUT2D eigenvalue weighted by molar-refractivity contribution is 0.425. The fraction of sp³-hybridized carbons (Fsp3) is 0.241. The first-order valence-electron chi connectivity index (χ1n) is 12.6. The first-order valence-corrected chi connectivity index (χ1v) is 12.6. The van der Waals surface area contributed by atoms with E-state index in [9.17, 15) is 4.79 Å². The van der Waals surface area contributed by atoms with Crippen molar-refractivity contribution >= 4 is 0 Å². The normalized spacial score (nSPS) is 14.2. The van der Waals surface area contributed by atoms with Gasteiger partial charge in [0.25, 0.3) is 0 Å². The maximum Gasteiger partial charge on any atom is 0.333 e. The molecule has 0 aliphatic heterocycles. The highest BCUT2D eigenvalue weighted by Gasteiger charge is 2.23.